The summed E-state index contributed by atoms with van der Waals surface area (Å²) in [6.45, 7) is 3.01. The number of carbonyl (C=O) groups excluding carboxylic acids is 1. The summed E-state index contributed by atoms with van der Waals surface area (Å²) in [5, 5.41) is 0. The van der Waals surface area contributed by atoms with Gasteiger partial charge in [0.15, 0.2) is 0 Å². The SMILES string of the molecule is CC[C@H](N)C(=O)N1CCOc2ccccc21. The summed E-state index contributed by atoms with van der Waals surface area (Å²) in [6.07, 6.45) is 0.651. The number of para-hydroxylation sites is 2. The number of fused-ring (bicyclic) bond motifs is 1. The number of nitrogens with zero attached hydrogens (tertiary/aromatic N) is 1. The molecule has 0 saturated carbocycles. The van der Waals surface area contributed by atoms with E-state index in [0.29, 0.717) is 19.6 Å². The number of amides is 1. The number of ether oxygens (including phenoxy) is 1. The van der Waals surface area contributed by atoms with Crippen LogP contribution < -0.4 is 15.4 Å². The molecule has 1 aromatic carbocycles. The van der Waals surface area contributed by atoms with Crippen molar-refractivity contribution in [2.24, 2.45) is 5.73 Å². The van der Waals surface area contributed by atoms with Crippen LogP contribution in [-0.2, 0) is 4.79 Å². The van der Waals surface area contributed by atoms with Gasteiger partial charge in [0.2, 0.25) is 5.91 Å². The first-order valence-electron chi connectivity index (χ1n) is 5.53. The molecule has 1 amide bonds. The van der Waals surface area contributed by atoms with Gasteiger partial charge in [0.05, 0.1) is 18.3 Å². The van der Waals surface area contributed by atoms with Gasteiger partial charge in [-0.3, -0.25) is 4.79 Å². The van der Waals surface area contributed by atoms with Crippen molar-refractivity contribution in [3.63, 3.8) is 0 Å². The van der Waals surface area contributed by atoms with Gasteiger partial charge in [0, 0.05) is 0 Å². The molecule has 2 rings (SSSR count). The van der Waals surface area contributed by atoms with Crippen LogP contribution in [0, 0.1) is 0 Å². The highest BCUT2D eigenvalue weighted by Crippen LogP contribution is 2.31. The van der Waals surface area contributed by atoms with Gasteiger partial charge in [-0.05, 0) is 18.6 Å². The van der Waals surface area contributed by atoms with E-state index in [1.165, 1.54) is 0 Å². The third-order valence-electron chi connectivity index (χ3n) is 2.75. The number of carbonyl (C=O) groups is 1. The van der Waals surface area contributed by atoms with Gasteiger partial charge in [-0.2, -0.15) is 0 Å². The highest BCUT2D eigenvalue weighted by atomic mass is 16.5. The second-order valence-corrected chi connectivity index (χ2v) is 3.82. The molecular weight excluding hydrogens is 204 g/mol. The molecule has 1 aliphatic heterocycles. The molecule has 0 bridgehead atoms. The molecule has 1 aromatic rings. The predicted molar refractivity (Wildman–Crippen MR) is 62.6 cm³/mol. The first-order chi connectivity index (χ1) is 7.74. The summed E-state index contributed by atoms with van der Waals surface area (Å²) in [5.41, 5.74) is 6.59. The number of anilines is 1. The lowest BCUT2D eigenvalue weighted by atomic mass is 10.1. The number of nitrogens with two attached hydrogens (primary N) is 1. The van der Waals surface area contributed by atoms with Crippen LogP contribution in [0.15, 0.2) is 24.3 Å². The molecule has 0 spiro atoms. The Labute approximate surface area is 95.0 Å². The highest BCUT2D eigenvalue weighted by Gasteiger charge is 2.26. The van der Waals surface area contributed by atoms with E-state index < -0.39 is 6.04 Å². The van der Waals surface area contributed by atoms with Gasteiger partial charge in [-0.15, -0.1) is 0 Å². The maximum absolute atomic E-state index is 12.0. The Hall–Kier alpha value is -1.55. The van der Waals surface area contributed by atoms with Crippen molar-refractivity contribution in [2.45, 2.75) is 19.4 Å². The molecule has 0 fully saturated rings. The molecule has 0 saturated heterocycles. The summed E-state index contributed by atoms with van der Waals surface area (Å²) in [7, 11) is 0. The van der Waals surface area contributed by atoms with Crippen LogP contribution in [0.4, 0.5) is 5.69 Å². The van der Waals surface area contributed by atoms with Crippen LogP contribution in [0.3, 0.4) is 0 Å². The van der Waals surface area contributed by atoms with Gasteiger partial charge in [-0.1, -0.05) is 19.1 Å². The molecule has 1 heterocycles. The minimum Gasteiger partial charge on any atom is -0.490 e. The van der Waals surface area contributed by atoms with Crippen molar-refractivity contribution in [2.75, 3.05) is 18.1 Å². The smallest absolute Gasteiger partial charge is 0.244 e. The van der Waals surface area contributed by atoms with Gasteiger partial charge < -0.3 is 15.4 Å². The Morgan fingerprint density at radius 3 is 3.06 bits per heavy atom. The topological polar surface area (TPSA) is 55.6 Å². The Morgan fingerprint density at radius 1 is 1.56 bits per heavy atom. The summed E-state index contributed by atoms with van der Waals surface area (Å²) in [5.74, 6) is 0.726. The lowest BCUT2D eigenvalue weighted by Gasteiger charge is -2.31. The van der Waals surface area contributed by atoms with Crippen molar-refractivity contribution >= 4 is 11.6 Å². The van der Waals surface area contributed by atoms with Crippen molar-refractivity contribution in [1.29, 1.82) is 0 Å². The van der Waals surface area contributed by atoms with Gasteiger partial charge in [-0.25, -0.2) is 0 Å². The van der Waals surface area contributed by atoms with Crippen molar-refractivity contribution in [1.82, 2.24) is 0 Å². The van der Waals surface area contributed by atoms with Crippen molar-refractivity contribution < 1.29 is 9.53 Å². The number of benzene rings is 1. The van der Waals surface area contributed by atoms with Gasteiger partial charge >= 0.3 is 0 Å². The van der Waals surface area contributed by atoms with E-state index in [1.54, 1.807) is 4.90 Å². The Balaban J connectivity index is 2.28. The quantitative estimate of drug-likeness (QED) is 0.813. The summed E-state index contributed by atoms with van der Waals surface area (Å²) < 4.78 is 5.48. The Morgan fingerprint density at radius 2 is 2.31 bits per heavy atom. The maximum atomic E-state index is 12.0. The summed E-state index contributed by atoms with van der Waals surface area (Å²) in [4.78, 5) is 13.8. The largest absolute Gasteiger partial charge is 0.490 e. The van der Waals surface area contributed by atoms with E-state index in [2.05, 4.69) is 0 Å². The van der Waals surface area contributed by atoms with Crippen LogP contribution in [0.2, 0.25) is 0 Å². The van der Waals surface area contributed by atoms with Crippen LogP contribution >= 0.6 is 0 Å². The first kappa shape index (κ1) is 11.0. The minimum atomic E-state index is -0.425. The average molecular weight is 220 g/mol. The molecule has 0 radical (unpaired) electrons. The van der Waals surface area contributed by atoms with E-state index in [-0.39, 0.29) is 5.91 Å². The molecule has 2 N–H and O–H groups in total. The molecule has 0 aliphatic carbocycles. The maximum Gasteiger partial charge on any atom is 0.244 e. The summed E-state index contributed by atoms with van der Waals surface area (Å²) >= 11 is 0. The molecular formula is C12H16N2O2. The normalized spacial score (nSPS) is 16.2. The molecule has 4 nitrogen and oxygen atoms in total. The number of hydrogen-bond donors (Lipinski definition) is 1. The fourth-order valence-corrected chi connectivity index (χ4v) is 1.77. The monoisotopic (exact) mass is 220 g/mol. The van der Waals surface area contributed by atoms with Crippen LogP contribution in [0.1, 0.15) is 13.3 Å². The number of hydrogen-bond acceptors (Lipinski definition) is 3. The summed E-state index contributed by atoms with van der Waals surface area (Å²) in [6, 6.07) is 7.12. The molecule has 86 valence electrons. The second kappa shape index (κ2) is 4.53. The Kier molecular flexibility index (Phi) is 3.10. The van der Waals surface area contributed by atoms with E-state index in [0.717, 1.165) is 11.4 Å². The standard InChI is InChI=1S/C12H16N2O2/c1-2-9(13)12(15)14-7-8-16-11-6-4-3-5-10(11)14/h3-6,9H,2,7-8,13H2,1H3/t9-/m0/s1. The Bertz CT molecular complexity index is 392. The highest BCUT2D eigenvalue weighted by molar-refractivity contribution is 5.98. The van der Waals surface area contributed by atoms with Gasteiger partial charge in [0.25, 0.3) is 0 Å². The molecule has 0 aromatic heterocycles. The minimum absolute atomic E-state index is 0.0294. The lowest BCUT2D eigenvalue weighted by Crippen LogP contribution is -2.46. The van der Waals surface area contributed by atoms with E-state index in [1.807, 2.05) is 31.2 Å². The van der Waals surface area contributed by atoms with Crippen LogP contribution in [0.25, 0.3) is 0 Å². The fraction of sp³-hybridized carbons (Fsp3) is 0.417. The molecule has 0 unspecified atom stereocenters. The lowest BCUT2D eigenvalue weighted by molar-refractivity contribution is -0.120. The van der Waals surface area contributed by atoms with Crippen LogP contribution in [-0.4, -0.2) is 25.1 Å². The fourth-order valence-electron chi connectivity index (χ4n) is 1.77. The molecule has 16 heavy (non-hydrogen) atoms. The average Bonchev–Trinajstić information content (AvgIpc) is 2.36. The molecule has 1 atom stereocenters. The van der Waals surface area contributed by atoms with E-state index in [4.69, 9.17) is 10.5 Å². The second-order valence-electron chi connectivity index (χ2n) is 3.82. The number of rotatable bonds is 2. The van der Waals surface area contributed by atoms with Gasteiger partial charge in [0.1, 0.15) is 12.4 Å². The zero-order chi connectivity index (χ0) is 11.5. The van der Waals surface area contributed by atoms with E-state index in [9.17, 15) is 4.79 Å². The predicted octanol–water partition coefficient (Wildman–Crippen LogP) is 1.15. The van der Waals surface area contributed by atoms with Crippen molar-refractivity contribution in [3.8, 4) is 5.75 Å². The first-order valence-corrected chi connectivity index (χ1v) is 5.53. The zero-order valence-corrected chi connectivity index (χ0v) is 9.35. The zero-order valence-electron chi connectivity index (χ0n) is 9.35. The van der Waals surface area contributed by atoms with Crippen LogP contribution in [0.5, 0.6) is 5.75 Å². The molecule has 1 aliphatic rings. The van der Waals surface area contributed by atoms with E-state index >= 15 is 0 Å². The molecule has 4 heteroatoms. The third-order valence-corrected chi connectivity index (χ3v) is 2.75. The van der Waals surface area contributed by atoms with Crippen molar-refractivity contribution in [3.05, 3.63) is 24.3 Å². The third kappa shape index (κ3) is 1.88.